The maximum absolute atomic E-state index is 11.9. The Morgan fingerprint density at radius 1 is 1.22 bits per heavy atom. The minimum Gasteiger partial charge on any atom is -0.466 e. The second kappa shape index (κ2) is 8.79. The average molecular weight is 341 g/mol. The van der Waals surface area contributed by atoms with Crippen molar-refractivity contribution in [3.8, 4) is 0 Å². The van der Waals surface area contributed by atoms with Crippen LogP contribution in [0, 0.1) is 0 Å². The molecular formula is C15H17ClN2O5. The van der Waals surface area contributed by atoms with Gasteiger partial charge in [0, 0.05) is 12.2 Å². The maximum atomic E-state index is 11.9. The Labute approximate surface area is 138 Å². The van der Waals surface area contributed by atoms with Crippen molar-refractivity contribution in [3.63, 3.8) is 0 Å². The number of benzene rings is 1. The smallest absolute Gasteiger partial charge is 0.354 e. The first-order chi connectivity index (χ1) is 10.9. The third-order valence-electron chi connectivity index (χ3n) is 2.70. The largest absolute Gasteiger partial charge is 0.466 e. The van der Waals surface area contributed by atoms with Gasteiger partial charge in [-0.3, -0.25) is 4.79 Å². The number of hydrogen-bond acceptors (Lipinski definition) is 6. The molecule has 0 aliphatic rings. The summed E-state index contributed by atoms with van der Waals surface area (Å²) in [7, 11) is 2.36. The molecule has 1 amide bonds. The van der Waals surface area contributed by atoms with Gasteiger partial charge in [0.25, 0.3) is 5.91 Å². The maximum Gasteiger partial charge on any atom is 0.354 e. The van der Waals surface area contributed by atoms with Gasteiger partial charge in [0.15, 0.2) is 0 Å². The van der Waals surface area contributed by atoms with Crippen molar-refractivity contribution in [3.05, 3.63) is 40.6 Å². The normalized spacial score (nSPS) is 10.7. The summed E-state index contributed by atoms with van der Waals surface area (Å²) in [6.07, 6.45) is 0.951. The van der Waals surface area contributed by atoms with E-state index < -0.39 is 11.9 Å². The summed E-state index contributed by atoms with van der Waals surface area (Å²) >= 11 is 5.99. The van der Waals surface area contributed by atoms with Crippen molar-refractivity contribution in [2.75, 3.05) is 26.1 Å². The third-order valence-corrected chi connectivity index (χ3v) is 3.03. The van der Waals surface area contributed by atoms with E-state index in [0.717, 1.165) is 6.08 Å². The standard InChI is InChI=1S/C15H17ClN2O5/c1-4-17-14(20)10-7-9(5-6-11(10)16)18-12(15(21)23-3)8-13(19)22-2/h5-8,18H,4H2,1-3H3,(H,17,20)/b12-8+. The van der Waals surface area contributed by atoms with E-state index >= 15 is 0 Å². The number of amides is 1. The first kappa shape index (κ1) is 18.5. The number of halogens is 1. The van der Waals surface area contributed by atoms with Gasteiger partial charge in [-0.2, -0.15) is 0 Å². The number of rotatable bonds is 6. The number of nitrogens with one attached hydrogen (secondary N) is 2. The molecule has 1 aromatic rings. The highest BCUT2D eigenvalue weighted by Gasteiger charge is 2.15. The number of methoxy groups -OCH3 is 2. The quantitative estimate of drug-likeness (QED) is 0.605. The SMILES string of the molecule is CCNC(=O)c1cc(N/C(=C/C(=O)OC)C(=O)OC)ccc1Cl. The molecule has 0 saturated heterocycles. The van der Waals surface area contributed by atoms with E-state index in [0.29, 0.717) is 12.2 Å². The van der Waals surface area contributed by atoms with Gasteiger partial charge in [0.05, 0.1) is 30.9 Å². The first-order valence-electron chi connectivity index (χ1n) is 6.65. The zero-order chi connectivity index (χ0) is 17.4. The van der Waals surface area contributed by atoms with Crippen molar-refractivity contribution in [2.24, 2.45) is 0 Å². The molecule has 1 rings (SSSR count). The zero-order valence-corrected chi connectivity index (χ0v) is 13.7. The molecule has 0 aliphatic heterocycles. The molecule has 0 radical (unpaired) electrons. The van der Waals surface area contributed by atoms with Gasteiger partial charge in [-0.25, -0.2) is 9.59 Å². The molecule has 0 aliphatic carbocycles. The molecule has 124 valence electrons. The molecular weight excluding hydrogens is 324 g/mol. The number of hydrogen-bond donors (Lipinski definition) is 2. The fraction of sp³-hybridized carbons (Fsp3) is 0.267. The van der Waals surface area contributed by atoms with Crippen LogP contribution >= 0.6 is 11.6 Å². The summed E-state index contributed by atoms with van der Waals surface area (Å²) in [6.45, 7) is 2.23. The van der Waals surface area contributed by atoms with Crippen LogP contribution in [0.4, 0.5) is 5.69 Å². The minimum absolute atomic E-state index is 0.136. The second-order valence-corrected chi connectivity index (χ2v) is 4.66. The lowest BCUT2D eigenvalue weighted by atomic mass is 10.1. The van der Waals surface area contributed by atoms with Crippen molar-refractivity contribution in [2.45, 2.75) is 6.92 Å². The number of ether oxygens (including phenoxy) is 2. The van der Waals surface area contributed by atoms with Gasteiger partial charge in [0.1, 0.15) is 5.70 Å². The van der Waals surface area contributed by atoms with Crippen LogP contribution in [-0.2, 0) is 19.1 Å². The highest BCUT2D eigenvalue weighted by molar-refractivity contribution is 6.34. The number of anilines is 1. The Balaban J connectivity index is 3.12. The van der Waals surface area contributed by atoms with Crippen molar-refractivity contribution in [1.82, 2.24) is 5.32 Å². The van der Waals surface area contributed by atoms with Gasteiger partial charge < -0.3 is 20.1 Å². The number of carbonyl (C=O) groups excluding carboxylic acids is 3. The molecule has 1 aromatic carbocycles. The molecule has 0 aromatic heterocycles. The van der Waals surface area contributed by atoms with E-state index in [9.17, 15) is 14.4 Å². The van der Waals surface area contributed by atoms with E-state index in [1.165, 1.54) is 26.4 Å². The van der Waals surface area contributed by atoms with E-state index in [-0.39, 0.29) is 22.2 Å². The van der Waals surface area contributed by atoms with Crippen LogP contribution in [0.25, 0.3) is 0 Å². The molecule has 23 heavy (non-hydrogen) atoms. The molecule has 0 heterocycles. The van der Waals surface area contributed by atoms with Gasteiger partial charge in [-0.1, -0.05) is 11.6 Å². The fourth-order valence-electron chi connectivity index (χ4n) is 1.62. The Bertz CT molecular complexity index is 643. The van der Waals surface area contributed by atoms with E-state index in [1.54, 1.807) is 13.0 Å². The lowest BCUT2D eigenvalue weighted by molar-refractivity contribution is -0.138. The third kappa shape index (κ3) is 5.30. The second-order valence-electron chi connectivity index (χ2n) is 4.25. The van der Waals surface area contributed by atoms with Gasteiger partial charge in [-0.05, 0) is 25.1 Å². The zero-order valence-electron chi connectivity index (χ0n) is 12.9. The summed E-state index contributed by atoms with van der Waals surface area (Å²) in [6, 6.07) is 4.52. The van der Waals surface area contributed by atoms with Crippen molar-refractivity contribution in [1.29, 1.82) is 0 Å². The lowest BCUT2D eigenvalue weighted by Gasteiger charge is -2.11. The molecule has 7 nitrogen and oxygen atoms in total. The minimum atomic E-state index is -0.759. The van der Waals surface area contributed by atoms with Crippen LogP contribution in [0.1, 0.15) is 17.3 Å². The van der Waals surface area contributed by atoms with Gasteiger partial charge >= 0.3 is 11.9 Å². The van der Waals surface area contributed by atoms with Crippen LogP contribution in [0.3, 0.4) is 0 Å². The van der Waals surface area contributed by atoms with Crippen LogP contribution in [-0.4, -0.2) is 38.6 Å². The Morgan fingerprint density at radius 2 is 1.91 bits per heavy atom. The monoisotopic (exact) mass is 340 g/mol. The summed E-state index contributed by atoms with van der Waals surface area (Å²) in [5.74, 6) is -1.83. The highest BCUT2D eigenvalue weighted by atomic mass is 35.5. The van der Waals surface area contributed by atoms with E-state index in [2.05, 4.69) is 20.1 Å². The highest BCUT2D eigenvalue weighted by Crippen LogP contribution is 2.22. The van der Waals surface area contributed by atoms with E-state index in [4.69, 9.17) is 11.6 Å². The van der Waals surface area contributed by atoms with Crippen molar-refractivity contribution >= 4 is 35.1 Å². The molecule has 0 bridgehead atoms. The Kier molecular flexibility index (Phi) is 7.08. The van der Waals surface area contributed by atoms with Crippen LogP contribution in [0.15, 0.2) is 30.0 Å². The average Bonchev–Trinajstić information content (AvgIpc) is 2.55. The van der Waals surface area contributed by atoms with E-state index in [1.807, 2.05) is 0 Å². The molecule has 2 N–H and O–H groups in total. The summed E-state index contributed by atoms with van der Waals surface area (Å²) in [4.78, 5) is 34.9. The fourth-order valence-corrected chi connectivity index (χ4v) is 1.82. The van der Waals surface area contributed by atoms with Crippen LogP contribution in [0.2, 0.25) is 5.02 Å². The lowest BCUT2D eigenvalue weighted by Crippen LogP contribution is -2.23. The molecule has 0 fully saturated rings. The molecule has 0 spiro atoms. The molecule has 0 atom stereocenters. The first-order valence-corrected chi connectivity index (χ1v) is 7.03. The summed E-state index contributed by atoms with van der Waals surface area (Å²) in [5.41, 5.74) is 0.487. The number of carbonyl (C=O) groups is 3. The molecule has 0 saturated carbocycles. The topological polar surface area (TPSA) is 93.7 Å². The molecule has 8 heteroatoms. The Morgan fingerprint density at radius 3 is 2.48 bits per heavy atom. The van der Waals surface area contributed by atoms with Gasteiger partial charge in [0.2, 0.25) is 0 Å². The van der Waals surface area contributed by atoms with Crippen LogP contribution < -0.4 is 10.6 Å². The van der Waals surface area contributed by atoms with Gasteiger partial charge in [-0.15, -0.1) is 0 Å². The predicted molar refractivity (Wildman–Crippen MR) is 85.2 cm³/mol. The summed E-state index contributed by atoms with van der Waals surface area (Å²) < 4.78 is 9.06. The Hall–Kier alpha value is -2.54. The van der Waals surface area contributed by atoms with Crippen LogP contribution in [0.5, 0.6) is 0 Å². The summed E-state index contributed by atoms with van der Waals surface area (Å²) in [5, 5.41) is 5.60. The predicted octanol–water partition coefficient (Wildman–Crippen LogP) is 1.73. The number of esters is 2. The molecule has 0 unspecified atom stereocenters. The van der Waals surface area contributed by atoms with Crippen molar-refractivity contribution < 1.29 is 23.9 Å².